The molecule has 1 rings (SSSR count). The number of aryl methyl sites for hydroxylation is 1. The van der Waals surface area contributed by atoms with E-state index in [4.69, 9.17) is 9.47 Å². The van der Waals surface area contributed by atoms with Gasteiger partial charge in [0.15, 0.2) is 0 Å². The fourth-order valence-corrected chi connectivity index (χ4v) is 3.16. The molecule has 158 valence electrons. The van der Waals surface area contributed by atoms with Crippen LogP contribution in [-0.2, 0) is 14.3 Å². The zero-order valence-electron chi connectivity index (χ0n) is 17.8. The molecular weight excluding hydrogens is 352 g/mol. The van der Waals surface area contributed by atoms with Crippen molar-refractivity contribution in [3.8, 4) is 5.75 Å². The van der Waals surface area contributed by atoms with Crippen molar-refractivity contribution in [2.24, 2.45) is 0 Å². The number of benzene rings is 1. The van der Waals surface area contributed by atoms with Crippen molar-refractivity contribution in [1.29, 1.82) is 0 Å². The van der Waals surface area contributed by atoms with Gasteiger partial charge in [0.05, 0.1) is 6.61 Å². The first kappa shape index (κ1) is 24.2. The first-order valence-corrected chi connectivity index (χ1v) is 11.1. The summed E-state index contributed by atoms with van der Waals surface area (Å²) < 4.78 is 10.1. The summed E-state index contributed by atoms with van der Waals surface area (Å²) in [5, 5.41) is 0. The van der Waals surface area contributed by atoms with Crippen LogP contribution >= 0.6 is 0 Å². The van der Waals surface area contributed by atoms with Gasteiger partial charge in [0.25, 0.3) is 0 Å². The van der Waals surface area contributed by atoms with Crippen molar-refractivity contribution in [3.05, 3.63) is 29.8 Å². The van der Waals surface area contributed by atoms with E-state index in [0.717, 1.165) is 24.8 Å². The van der Waals surface area contributed by atoms with E-state index in [1.54, 1.807) is 12.1 Å². The van der Waals surface area contributed by atoms with Crippen molar-refractivity contribution in [3.63, 3.8) is 0 Å². The minimum atomic E-state index is -0.955. The van der Waals surface area contributed by atoms with Crippen LogP contribution in [0.1, 0.15) is 96.0 Å². The third kappa shape index (κ3) is 11.8. The lowest BCUT2D eigenvalue weighted by Crippen LogP contribution is -2.23. The first-order valence-electron chi connectivity index (χ1n) is 11.1. The van der Waals surface area contributed by atoms with Crippen molar-refractivity contribution < 1.29 is 19.1 Å². The molecule has 4 nitrogen and oxygen atoms in total. The molecule has 1 aromatic carbocycles. The molecule has 0 saturated heterocycles. The molecule has 4 heteroatoms. The number of rotatable bonds is 15. The summed E-state index contributed by atoms with van der Waals surface area (Å²) in [5.41, 5.74) is 0.806. The Morgan fingerprint density at radius 2 is 1.21 bits per heavy atom. The molecule has 0 aliphatic heterocycles. The van der Waals surface area contributed by atoms with E-state index < -0.39 is 11.9 Å². The first-order chi connectivity index (χ1) is 13.6. The Balaban J connectivity index is 1.92. The van der Waals surface area contributed by atoms with E-state index in [1.165, 1.54) is 64.2 Å². The highest BCUT2D eigenvalue weighted by molar-refractivity contribution is 6.30. The van der Waals surface area contributed by atoms with Gasteiger partial charge in [0, 0.05) is 0 Å². The van der Waals surface area contributed by atoms with Crippen LogP contribution in [0.3, 0.4) is 0 Å². The minimum absolute atomic E-state index is 0.277. The van der Waals surface area contributed by atoms with E-state index in [9.17, 15) is 9.59 Å². The van der Waals surface area contributed by atoms with Gasteiger partial charge in [0.1, 0.15) is 5.75 Å². The lowest BCUT2D eigenvalue weighted by atomic mass is 10.0. The molecule has 0 atom stereocenters. The topological polar surface area (TPSA) is 52.6 Å². The molecule has 0 N–H and O–H groups in total. The molecule has 0 aliphatic rings. The van der Waals surface area contributed by atoms with E-state index in [0.29, 0.717) is 5.75 Å². The molecule has 0 bridgehead atoms. The molecular formula is C24H38O4. The fraction of sp³-hybridized carbons (Fsp3) is 0.667. The summed E-state index contributed by atoms with van der Waals surface area (Å²) in [6.45, 7) is 4.35. The molecule has 0 heterocycles. The molecule has 0 aromatic heterocycles. The summed E-state index contributed by atoms with van der Waals surface area (Å²) >= 11 is 0. The van der Waals surface area contributed by atoms with E-state index >= 15 is 0 Å². The third-order valence-corrected chi connectivity index (χ3v) is 4.94. The van der Waals surface area contributed by atoms with E-state index in [1.807, 2.05) is 19.1 Å². The molecule has 0 unspecified atom stereocenters. The van der Waals surface area contributed by atoms with E-state index in [2.05, 4.69) is 6.92 Å². The normalized spacial score (nSPS) is 10.6. The van der Waals surface area contributed by atoms with Crippen LogP contribution < -0.4 is 4.74 Å². The second-order valence-corrected chi connectivity index (χ2v) is 7.53. The average molecular weight is 391 g/mol. The smallest absolute Gasteiger partial charge is 0.422 e. The summed E-state index contributed by atoms with van der Waals surface area (Å²) in [6.07, 6.45) is 16.4. The van der Waals surface area contributed by atoms with Crippen LogP contribution in [0, 0.1) is 6.92 Å². The van der Waals surface area contributed by atoms with Gasteiger partial charge in [-0.1, -0.05) is 102 Å². The molecule has 0 amide bonds. The van der Waals surface area contributed by atoms with Crippen molar-refractivity contribution >= 4 is 11.9 Å². The van der Waals surface area contributed by atoms with Crippen LogP contribution in [0.25, 0.3) is 0 Å². The lowest BCUT2D eigenvalue weighted by Gasteiger charge is -2.07. The van der Waals surface area contributed by atoms with Crippen LogP contribution in [0.5, 0.6) is 5.75 Å². The van der Waals surface area contributed by atoms with Gasteiger partial charge in [0.2, 0.25) is 0 Å². The zero-order valence-corrected chi connectivity index (χ0v) is 17.8. The zero-order chi connectivity index (χ0) is 20.5. The molecule has 0 fully saturated rings. The second kappa shape index (κ2) is 16.1. The summed E-state index contributed by atoms with van der Waals surface area (Å²) in [6, 6.07) is 7.09. The van der Waals surface area contributed by atoms with E-state index in [-0.39, 0.29) is 6.61 Å². The quantitative estimate of drug-likeness (QED) is 0.148. The predicted octanol–water partition coefficient (Wildman–Crippen LogP) is 6.53. The summed E-state index contributed by atoms with van der Waals surface area (Å²) in [4.78, 5) is 23.4. The number of para-hydroxylation sites is 1. The average Bonchev–Trinajstić information content (AvgIpc) is 2.69. The van der Waals surface area contributed by atoms with Gasteiger partial charge in [-0.05, 0) is 25.0 Å². The van der Waals surface area contributed by atoms with Crippen LogP contribution in [-0.4, -0.2) is 18.5 Å². The van der Waals surface area contributed by atoms with Gasteiger partial charge in [-0.3, -0.25) is 0 Å². The third-order valence-electron chi connectivity index (χ3n) is 4.94. The van der Waals surface area contributed by atoms with Crippen molar-refractivity contribution in [1.82, 2.24) is 0 Å². The van der Waals surface area contributed by atoms with Crippen LogP contribution in [0.2, 0.25) is 0 Å². The summed E-state index contributed by atoms with van der Waals surface area (Å²) in [5.74, 6) is -1.48. The second-order valence-electron chi connectivity index (χ2n) is 7.53. The van der Waals surface area contributed by atoms with Crippen molar-refractivity contribution in [2.75, 3.05) is 6.61 Å². The van der Waals surface area contributed by atoms with Crippen molar-refractivity contribution in [2.45, 2.75) is 97.3 Å². The predicted molar refractivity (Wildman–Crippen MR) is 113 cm³/mol. The highest BCUT2D eigenvalue weighted by Gasteiger charge is 2.18. The maximum Gasteiger partial charge on any atom is 0.422 e. The number of carbonyl (C=O) groups excluding carboxylic acids is 2. The van der Waals surface area contributed by atoms with Gasteiger partial charge in [-0.2, -0.15) is 0 Å². The molecule has 0 saturated carbocycles. The molecule has 0 radical (unpaired) electrons. The lowest BCUT2D eigenvalue weighted by molar-refractivity contribution is -0.162. The number of hydrogen-bond donors (Lipinski definition) is 0. The SMILES string of the molecule is CCCCCCCCCCCCCCCOC(=O)C(=O)Oc1ccccc1C. The van der Waals surface area contributed by atoms with Crippen LogP contribution in [0.4, 0.5) is 0 Å². The van der Waals surface area contributed by atoms with Gasteiger partial charge in [-0.15, -0.1) is 0 Å². The van der Waals surface area contributed by atoms with Gasteiger partial charge < -0.3 is 9.47 Å². The highest BCUT2D eigenvalue weighted by atomic mass is 16.6. The Morgan fingerprint density at radius 1 is 0.714 bits per heavy atom. The Hall–Kier alpha value is -1.84. The Labute approximate surface area is 171 Å². The van der Waals surface area contributed by atoms with Crippen LogP contribution in [0.15, 0.2) is 24.3 Å². The number of carbonyl (C=O) groups is 2. The van der Waals surface area contributed by atoms with Gasteiger partial charge >= 0.3 is 11.9 Å². The molecule has 0 aliphatic carbocycles. The van der Waals surface area contributed by atoms with Gasteiger partial charge in [-0.25, -0.2) is 9.59 Å². The number of ether oxygens (including phenoxy) is 2. The maximum absolute atomic E-state index is 11.7. The Kier molecular flexibility index (Phi) is 14.0. The number of hydrogen-bond acceptors (Lipinski definition) is 4. The number of esters is 2. The standard InChI is InChI=1S/C24H38O4/c1-3-4-5-6-7-8-9-10-11-12-13-14-17-20-27-23(25)24(26)28-22-19-16-15-18-21(22)2/h15-16,18-19H,3-14,17,20H2,1-2H3. The summed E-state index contributed by atoms with van der Waals surface area (Å²) in [7, 11) is 0. The Morgan fingerprint density at radius 3 is 1.75 bits per heavy atom. The fourth-order valence-electron chi connectivity index (χ4n) is 3.16. The minimum Gasteiger partial charge on any atom is -0.457 e. The Bertz CT molecular complexity index is 553. The molecule has 1 aromatic rings. The number of unbranched alkanes of at least 4 members (excludes halogenated alkanes) is 12. The highest BCUT2D eigenvalue weighted by Crippen LogP contribution is 2.16. The molecule has 28 heavy (non-hydrogen) atoms. The monoisotopic (exact) mass is 390 g/mol. The molecule has 0 spiro atoms. The maximum atomic E-state index is 11.7. The largest absolute Gasteiger partial charge is 0.457 e.